The van der Waals surface area contributed by atoms with Crippen LogP contribution in [0.2, 0.25) is 0 Å². The van der Waals surface area contributed by atoms with Gasteiger partial charge in [-0.15, -0.1) is 0 Å². The van der Waals surface area contributed by atoms with Gasteiger partial charge in [-0.1, -0.05) is 139 Å². The highest BCUT2D eigenvalue weighted by atomic mass is 32.2. The number of amides is 1. The zero-order valence-electron chi connectivity index (χ0n) is 41.2. The number of rotatable bonds is 20. The number of carbonyl (C=O) groups excluding carboxylic acids is 4. The maximum Gasteiger partial charge on any atom is 0.534 e. The van der Waals surface area contributed by atoms with Crippen LogP contribution in [0.25, 0.3) is 11.1 Å². The van der Waals surface area contributed by atoms with E-state index in [1.165, 1.54) is 48.2 Å². The average Bonchev–Trinajstić information content (AvgIpc) is 3.45. The number of anilines is 1. The Morgan fingerprint density at radius 2 is 1.22 bits per heavy atom. The molecule has 0 aliphatic carbocycles. The van der Waals surface area contributed by atoms with E-state index in [0.717, 1.165) is 34.4 Å². The molecule has 0 aromatic heterocycles. The number of hydrogen-bond acceptors (Lipinski definition) is 11. The molecule has 0 radical (unpaired) electrons. The average molecular weight is 1070 g/mol. The molecule has 1 amide bonds. The topological polar surface area (TPSA) is 152 Å². The number of halogens is 4. The van der Waals surface area contributed by atoms with Gasteiger partial charge in [0.2, 0.25) is 5.91 Å². The van der Waals surface area contributed by atoms with Crippen LogP contribution < -0.4 is 13.8 Å². The minimum atomic E-state index is -5.99. The minimum absolute atomic E-state index is 0.0396. The highest BCUT2D eigenvalue weighted by Gasteiger charge is 2.51. The number of alkyl halides is 3. The zero-order valence-corrected chi connectivity index (χ0v) is 42.0. The first kappa shape index (κ1) is 54.5. The van der Waals surface area contributed by atoms with E-state index < -0.39 is 75.0 Å². The van der Waals surface area contributed by atoms with Crippen molar-refractivity contribution in [2.75, 3.05) is 4.90 Å². The van der Waals surface area contributed by atoms with Crippen LogP contribution in [0.15, 0.2) is 182 Å². The van der Waals surface area contributed by atoms with Crippen LogP contribution in [-0.2, 0) is 63.3 Å². The largest absolute Gasteiger partial charge is 0.534 e. The van der Waals surface area contributed by atoms with Crippen LogP contribution >= 0.6 is 0 Å². The summed E-state index contributed by atoms with van der Waals surface area (Å²) in [5, 5.41) is 0. The SMILES string of the molecule is CC(=O)O[C@@H](CC[C@H]1C(=O)N(c2ccc(OS(=O)(=O)C(F)(F)F)cc2)[C@@H]1c1ccc(-c2ccc(C#CCC(C(=O)OCc3ccccc3)C(=O)OCc3ccccc3)cc2)cc1OCc1ccccc1)c1ccc(F)cc1. The molecule has 1 aliphatic heterocycles. The molecule has 394 valence electrons. The number of esters is 3. The Labute approximate surface area is 442 Å². The van der Waals surface area contributed by atoms with E-state index in [2.05, 4.69) is 16.0 Å². The van der Waals surface area contributed by atoms with Gasteiger partial charge in [0, 0.05) is 30.2 Å². The molecule has 0 saturated carbocycles. The fourth-order valence-electron chi connectivity index (χ4n) is 8.55. The first-order valence-corrected chi connectivity index (χ1v) is 25.6. The second-order valence-electron chi connectivity index (χ2n) is 17.8. The molecule has 0 bridgehead atoms. The lowest BCUT2D eigenvalue weighted by atomic mass is 9.77. The van der Waals surface area contributed by atoms with Crippen molar-refractivity contribution in [3.8, 4) is 34.5 Å². The normalized spacial score (nSPS) is 14.6. The summed E-state index contributed by atoms with van der Waals surface area (Å²) in [6, 6.07) is 49.2. The van der Waals surface area contributed by atoms with E-state index in [0.29, 0.717) is 28.0 Å². The maximum absolute atomic E-state index is 14.4. The lowest BCUT2D eigenvalue weighted by Gasteiger charge is -2.48. The fourth-order valence-corrected chi connectivity index (χ4v) is 9.01. The van der Waals surface area contributed by atoms with E-state index in [9.17, 15) is 45.2 Å². The number of benzene rings is 7. The van der Waals surface area contributed by atoms with Crippen molar-refractivity contribution in [1.29, 1.82) is 0 Å². The summed E-state index contributed by atoms with van der Waals surface area (Å²) in [6.07, 6.45) is -0.745. The Morgan fingerprint density at radius 1 is 0.675 bits per heavy atom. The first-order chi connectivity index (χ1) is 37.0. The van der Waals surface area contributed by atoms with Crippen molar-refractivity contribution < 1.29 is 68.3 Å². The van der Waals surface area contributed by atoms with E-state index in [-0.39, 0.29) is 44.8 Å². The molecule has 7 aromatic carbocycles. The van der Waals surface area contributed by atoms with Gasteiger partial charge in [0.15, 0.2) is 5.92 Å². The molecule has 12 nitrogen and oxygen atoms in total. The summed E-state index contributed by atoms with van der Waals surface area (Å²) in [5.74, 6) is 0.592. The van der Waals surface area contributed by atoms with Crippen LogP contribution in [0, 0.1) is 29.5 Å². The molecule has 0 unspecified atom stereocenters. The molecule has 1 aliphatic rings. The van der Waals surface area contributed by atoms with Gasteiger partial charge in [0.05, 0.1) is 12.0 Å². The van der Waals surface area contributed by atoms with Crippen molar-refractivity contribution in [2.24, 2.45) is 11.8 Å². The molecule has 1 fully saturated rings. The second kappa shape index (κ2) is 24.7. The van der Waals surface area contributed by atoms with Crippen molar-refractivity contribution in [3.63, 3.8) is 0 Å². The van der Waals surface area contributed by atoms with Crippen molar-refractivity contribution in [3.05, 3.63) is 221 Å². The van der Waals surface area contributed by atoms with Gasteiger partial charge >= 0.3 is 33.5 Å². The summed E-state index contributed by atoms with van der Waals surface area (Å²) >= 11 is 0. The van der Waals surface area contributed by atoms with Gasteiger partial charge in [0.25, 0.3) is 0 Å². The smallest absolute Gasteiger partial charge is 0.489 e. The lowest BCUT2D eigenvalue weighted by molar-refractivity contribution is -0.163. The first-order valence-electron chi connectivity index (χ1n) is 24.2. The third-order valence-electron chi connectivity index (χ3n) is 12.5. The Hall–Kier alpha value is -8.75. The van der Waals surface area contributed by atoms with Crippen LogP contribution in [0.4, 0.5) is 23.2 Å². The summed E-state index contributed by atoms with van der Waals surface area (Å²) in [7, 11) is -5.99. The van der Waals surface area contributed by atoms with E-state index >= 15 is 0 Å². The lowest BCUT2D eigenvalue weighted by Crippen LogP contribution is -2.55. The molecule has 17 heteroatoms. The van der Waals surface area contributed by atoms with Crippen LogP contribution in [0.3, 0.4) is 0 Å². The third kappa shape index (κ3) is 14.1. The number of β-lactam (4-membered cyclic amide) rings is 1. The molecule has 3 atom stereocenters. The van der Waals surface area contributed by atoms with E-state index in [4.69, 9.17) is 18.9 Å². The van der Waals surface area contributed by atoms with E-state index in [1.807, 2.05) is 91.0 Å². The summed E-state index contributed by atoms with van der Waals surface area (Å²) in [4.78, 5) is 54.7. The Kier molecular flexibility index (Phi) is 17.5. The molecule has 0 spiro atoms. The summed E-state index contributed by atoms with van der Waals surface area (Å²) in [5.41, 5.74) is -0.0930. The number of hydrogen-bond donors (Lipinski definition) is 0. The minimum Gasteiger partial charge on any atom is -0.489 e. The number of ether oxygens (including phenoxy) is 4. The summed E-state index contributed by atoms with van der Waals surface area (Å²) < 4.78 is 105. The van der Waals surface area contributed by atoms with E-state index in [1.54, 1.807) is 42.5 Å². The zero-order chi connectivity index (χ0) is 54.5. The Bertz CT molecular complexity index is 3300. The Morgan fingerprint density at radius 3 is 1.77 bits per heavy atom. The van der Waals surface area contributed by atoms with Gasteiger partial charge in [-0.25, -0.2) is 4.39 Å². The second-order valence-corrected chi connectivity index (χ2v) is 19.4. The molecule has 1 heterocycles. The number of carbonyl (C=O) groups is 4. The van der Waals surface area contributed by atoms with Gasteiger partial charge in [-0.3, -0.25) is 19.2 Å². The van der Waals surface area contributed by atoms with Crippen LogP contribution in [-0.4, -0.2) is 37.7 Å². The monoisotopic (exact) mass is 1070 g/mol. The summed E-state index contributed by atoms with van der Waals surface area (Å²) in [6.45, 7) is 1.26. The molecular weight excluding hydrogens is 1020 g/mol. The number of nitrogens with zero attached hydrogens (tertiary/aromatic N) is 1. The van der Waals surface area contributed by atoms with Crippen molar-refractivity contribution in [2.45, 2.75) is 63.7 Å². The van der Waals surface area contributed by atoms with Gasteiger partial charge in [-0.05, 0) is 101 Å². The molecule has 77 heavy (non-hydrogen) atoms. The molecule has 8 rings (SSSR count). The van der Waals surface area contributed by atoms with Crippen LogP contribution in [0.5, 0.6) is 11.5 Å². The van der Waals surface area contributed by atoms with Gasteiger partial charge in [0.1, 0.15) is 43.2 Å². The third-order valence-corrected chi connectivity index (χ3v) is 13.4. The molecule has 7 aromatic rings. The fraction of sp³-hybridized carbons (Fsp3) is 0.200. The predicted molar refractivity (Wildman–Crippen MR) is 276 cm³/mol. The van der Waals surface area contributed by atoms with Crippen molar-refractivity contribution >= 4 is 39.6 Å². The van der Waals surface area contributed by atoms with Gasteiger partial charge < -0.3 is 28.0 Å². The predicted octanol–water partition coefficient (Wildman–Crippen LogP) is 11.9. The molecular formula is C60H49F4NO11S. The highest BCUT2D eigenvalue weighted by molar-refractivity contribution is 7.88. The standard InChI is InChI=1S/C60H49F4NO11S/c1-40(66)75-54(46-24-27-48(61)28-25-46)35-34-52-56(65(57(52)67)49-29-31-50(32-30-49)76-77(70,71)60(62,63)64)51-33-26-47(36-55(51)72-37-42-12-5-2-6-13-42)45-22-20-41(21-23-45)18-11-19-53(58(68)73-38-43-14-7-3-8-15-43)59(69)74-39-44-16-9-4-10-17-44/h2-10,12-17,20-33,36,52-54,56H,19,34-35,37-39H2,1H3/t52-,54+,56-/m1/s1. The van der Waals surface area contributed by atoms with Crippen molar-refractivity contribution in [1.82, 2.24) is 0 Å². The molecule has 1 saturated heterocycles. The van der Waals surface area contributed by atoms with Gasteiger partial charge in [-0.2, -0.15) is 21.6 Å². The maximum atomic E-state index is 14.4. The Balaban J connectivity index is 1.08. The molecule has 0 N–H and O–H groups in total. The van der Waals surface area contributed by atoms with Crippen LogP contribution in [0.1, 0.15) is 71.7 Å². The highest BCUT2D eigenvalue weighted by Crippen LogP contribution is 2.50. The quantitative estimate of drug-likeness (QED) is 0.0105.